The van der Waals surface area contributed by atoms with Gasteiger partial charge < -0.3 is 5.11 Å². The number of rotatable bonds is 2. The maximum absolute atomic E-state index is 10.3. The fourth-order valence-electron chi connectivity index (χ4n) is 0.540. The molecule has 1 aromatic heterocycles. The molecule has 1 rings (SSSR count). The van der Waals surface area contributed by atoms with E-state index in [-0.39, 0.29) is 5.57 Å². The van der Waals surface area contributed by atoms with Gasteiger partial charge in [-0.2, -0.15) is 0 Å². The van der Waals surface area contributed by atoms with Gasteiger partial charge in [0.1, 0.15) is 0 Å². The van der Waals surface area contributed by atoms with Gasteiger partial charge in [0.05, 0.1) is 18.0 Å². The second-order valence-corrected chi connectivity index (χ2v) is 2.00. The summed E-state index contributed by atoms with van der Waals surface area (Å²) in [5, 5.41) is 15.5. The van der Waals surface area contributed by atoms with E-state index in [4.69, 9.17) is 5.11 Å². The molecule has 0 aliphatic carbocycles. The van der Waals surface area contributed by atoms with E-state index in [0.29, 0.717) is 0 Å². The number of carboxylic acids is 1. The fraction of sp³-hybridized carbons (Fsp3) is 0.167. The van der Waals surface area contributed by atoms with Crippen LogP contribution in [0.4, 0.5) is 0 Å². The number of aliphatic carboxylic acids is 1. The van der Waals surface area contributed by atoms with Gasteiger partial charge in [-0.25, -0.2) is 9.48 Å². The molecule has 0 fully saturated rings. The maximum Gasteiger partial charge on any atom is 0.332 e. The predicted molar refractivity (Wildman–Crippen MR) is 37.6 cm³/mol. The van der Waals surface area contributed by atoms with Gasteiger partial charge in [0.15, 0.2) is 0 Å². The zero-order chi connectivity index (χ0) is 8.27. The molecular formula is C6H7N3O2. The highest BCUT2D eigenvalue weighted by molar-refractivity contribution is 5.89. The van der Waals surface area contributed by atoms with Gasteiger partial charge in [-0.1, -0.05) is 5.21 Å². The third-order valence-corrected chi connectivity index (χ3v) is 1.10. The zero-order valence-electron chi connectivity index (χ0n) is 5.93. The van der Waals surface area contributed by atoms with E-state index in [2.05, 4.69) is 10.3 Å². The Morgan fingerprint density at radius 3 is 2.91 bits per heavy atom. The Morgan fingerprint density at radius 1 is 1.73 bits per heavy atom. The van der Waals surface area contributed by atoms with E-state index in [1.165, 1.54) is 24.0 Å². The molecule has 0 unspecified atom stereocenters. The van der Waals surface area contributed by atoms with Crippen LogP contribution < -0.4 is 0 Å². The van der Waals surface area contributed by atoms with Gasteiger partial charge in [-0.3, -0.25) is 0 Å². The lowest BCUT2D eigenvalue weighted by Gasteiger charge is -1.91. The second-order valence-electron chi connectivity index (χ2n) is 2.00. The maximum atomic E-state index is 10.3. The standard InChI is InChI=1S/C6H7N3O2/c1-5(6(10)11)4-9-3-2-7-8-9/h2-4H,1H3,(H,10,11)/b5-4-. The van der Waals surface area contributed by atoms with Crippen LogP contribution in [-0.2, 0) is 4.79 Å². The summed E-state index contributed by atoms with van der Waals surface area (Å²) in [7, 11) is 0. The van der Waals surface area contributed by atoms with Gasteiger partial charge >= 0.3 is 5.97 Å². The van der Waals surface area contributed by atoms with Crippen molar-refractivity contribution in [3.8, 4) is 0 Å². The Labute approximate surface area is 63.0 Å². The van der Waals surface area contributed by atoms with Crippen molar-refractivity contribution in [1.29, 1.82) is 0 Å². The summed E-state index contributed by atoms with van der Waals surface area (Å²) in [5.41, 5.74) is 0.218. The van der Waals surface area contributed by atoms with E-state index in [0.717, 1.165) is 0 Å². The third kappa shape index (κ3) is 1.89. The van der Waals surface area contributed by atoms with Crippen LogP contribution in [0.5, 0.6) is 0 Å². The first-order valence-electron chi connectivity index (χ1n) is 2.97. The van der Waals surface area contributed by atoms with Crippen molar-refractivity contribution < 1.29 is 9.90 Å². The van der Waals surface area contributed by atoms with Crippen molar-refractivity contribution in [3.05, 3.63) is 18.0 Å². The molecule has 0 amide bonds. The van der Waals surface area contributed by atoms with Crippen molar-refractivity contribution >= 4 is 12.2 Å². The van der Waals surface area contributed by atoms with E-state index < -0.39 is 5.97 Å². The van der Waals surface area contributed by atoms with Crippen LogP contribution in [0, 0.1) is 0 Å². The zero-order valence-corrected chi connectivity index (χ0v) is 5.93. The van der Waals surface area contributed by atoms with Crippen molar-refractivity contribution in [3.63, 3.8) is 0 Å². The first-order valence-corrected chi connectivity index (χ1v) is 2.97. The fourth-order valence-corrected chi connectivity index (χ4v) is 0.540. The Bertz CT molecular complexity index is 276. The molecular weight excluding hydrogens is 146 g/mol. The van der Waals surface area contributed by atoms with Crippen molar-refractivity contribution in [2.75, 3.05) is 0 Å². The lowest BCUT2D eigenvalue weighted by atomic mass is 10.3. The molecule has 0 aromatic carbocycles. The molecule has 0 bridgehead atoms. The van der Waals surface area contributed by atoms with Crippen molar-refractivity contribution in [1.82, 2.24) is 15.0 Å². The summed E-state index contributed by atoms with van der Waals surface area (Å²) < 4.78 is 1.34. The van der Waals surface area contributed by atoms with Gasteiger partial charge in [-0.05, 0) is 6.92 Å². The van der Waals surface area contributed by atoms with Gasteiger partial charge in [0.25, 0.3) is 0 Å². The molecule has 0 aliphatic heterocycles. The molecule has 1 heterocycles. The molecule has 11 heavy (non-hydrogen) atoms. The minimum absolute atomic E-state index is 0.218. The molecule has 5 heteroatoms. The monoisotopic (exact) mass is 153 g/mol. The Morgan fingerprint density at radius 2 is 2.45 bits per heavy atom. The summed E-state index contributed by atoms with van der Waals surface area (Å²) in [5.74, 6) is -0.958. The molecule has 0 saturated carbocycles. The van der Waals surface area contributed by atoms with Crippen LogP contribution in [0.15, 0.2) is 18.0 Å². The van der Waals surface area contributed by atoms with Gasteiger partial charge in [0, 0.05) is 6.20 Å². The van der Waals surface area contributed by atoms with Crippen molar-refractivity contribution in [2.45, 2.75) is 6.92 Å². The molecule has 1 aromatic rings. The minimum atomic E-state index is -0.958. The summed E-state index contributed by atoms with van der Waals surface area (Å²) in [6.07, 6.45) is 4.42. The first-order chi connectivity index (χ1) is 5.20. The van der Waals surface area contributed by atoms with E-state index >= 15 is 0 Å². The number of hydrogen-bond donors (Lipinski definition) is 1. The molecule has 0 atom stereocenters. The van der Waals surface area contributed by atoms with Crippen LogP contribution in [-0.4, -0.2) is 26.1 Å². The lowest BCUT2D eigenvalue weighted by Crippen LogP contribution is -1.98. The molecule has 0 radical (unpaired) electrons. The highest BCUT2D eigenvalue weighted by Crippen LogP contribution is 1.94. The second kappa shape index (κ2) is 2.96. The topological polar surface area (TPSA) is 68.0 Å². The number of hydrogen-bond acceptors (Lipinski definition) is 3. The molecule has 1 N–H and O–H groups in total. The lowest BCUT2D eigenvalue weighted by molar-refractivity contribution is -0.132. The largest absolute Gasteiger partial charge is 0.478 e. The van der Waals surface area contributed by atoms with Crippen molar-refractivity contribution in [2.24, 2.45) is 0 Å². The van der Waals surface area contributed by atoms with Gasteiger partial charge in [0.2, 0.25) is 0 Å². The summed E-state index contributed by atoms with van der Waals surface area (Å²) in [6.45, 7) is 1.49. The predicted octanol–water partition coefficient (Wildman–Crippen LogP) is 0.223. The SMILES string of the molecule is C/C(=C/n1ccnn1)C(=O)O. The number of nitrogens with zero attached hydrogens (tertiary/aromatic N) is 3. The molecule has 58 valence electrons. The van der Waals surface area contributed by atoms with E-state index in [9.17, 15) is 4.79 Å². The van der Waals surface area contributed by atoms with Gasteiger partial charge in [-0.15, -0.1) is 5.10 Å². The number of carbonyl (C=O) groups is 1. The molecule has 0 spiro atoms. The highest BCUT2D eigenvalue weighted by atomic mass is 16.4. The Hall–Kier alpha value is -1.65. The average molecular weight is 153 g/mol. The smallest absolute Gasteiger partial charge is 0.332 e. The molecule has 0 aliphatic rings. The molecule has 0 saturated heterocycles. The minimum Gasteiger partial charge on any atom is -0.478 e. The summed E-state index contributed by atoms with van der Waals surface area (Å²) in [6, 6.07) is 0. The van der Waals surface area contributed by atoms with E-state index in [1.54, 1.807) is 6.20 Å². The van der Waals surface area contributed by atoms with Crippen LogP contribution >= 0.6 is 0 Å². The van der Waals surface area contributed by atoms with E-state index in [1.807, 2.05) is 0 Å². The Balaban J connectivity index is 2.82. The van der Waals surface area contributed by atoms with Crippen LogP contribution in [0.2, 0.25) is 0 Å². The Kier molecular flexibility index (Phi) is 2.00. The molecule has 5 nitrogen and oxygen atoms in total. The average Bonchev–Trinajstić information content (AvgIpc) is 2.39. The first kappa shape index (κ1) is 7.46. The summed E-state index contributed by atoms with van der Waals surface area (Å²) in [4.78, 5) is 10.3. The quantitative estimate of drug-likeness (QED) is 0.617. The number of aromatic nitrogens is 3. The summed E-state index contributed by atoms with van der Waals surface area (Å²) >= 11 is 0. The number of carboxylic acid groups (broad SMARTS) is 1. The van der Waals surface area contributed by atoms with Crippen LogP contribution in [0.1, 0.15) is 6.92 Å². The normalized spacial score (nSPS) is 11.5. The highest BCUT2D eigenvalue weighted by Gasteiger charge is 1.98. The van der Waals surface area contributed by atoms with Crippen LogP contribution in [0.3, 0.4) is 0 Å². The van der Waals surface area contributed by atoms with Crippen LogP contribution in [0.25, 0.3) is 6.20 Å². The third-order valence-electron chi connectivity index (χ3n) is 1.10.